The van der Waals surface area contributed by atoms with Gasteiger partial charge >= 0.3 is 5.97 Å². The molecule has 1 unspecified atom stereocenters. The van der Waals surface area contributed by atoms with E-state index in [4.69, 9.17) is 40.5 Å². The molecule has 1 atom stereocenters. The molecule has 2 heterocycles. The largest absolute Gasteiger partial charge is 0.507 e. The number of carbonyl (C=O) groups is 1. The Hall–Kier alpha value is -1.96. The van der Waals surface area contributed by atoms with Gasteiger partial charge in [-0.25, -0.2) is 9.37 Å². The predicted octanol–water partition coefficient (Wildman–Crippen LogP) is 10.5. The molecule has 2 aliphatic carbocycles. The summed E-state index contributed by atoms with van der Waals surface area (Å²) < 4.78 is 2.58. The average Bonchev–Trinajstić information content (AvgIpc) is 3.23. The molecule has 46 heavy (non-hydrogen) atoms. The van der Waals surface area contributed by atoms with Gasteiger partial charge in [-0.05, 0) is 101 Å². The van der Waals surface area contributed by atoms with E-state index in [-0.39, 0.29) is 42.3 Å². The highest BCUT2D eigenvalue weighted by atomic mass is 35.5. The number of carboxylic acids is 1. The van der Waals surface area contributed by atoms with Crippen LogP contribution in [0.2, 0.25) is 15.1 Å². The third-order valence-corrected chi connectivity index (χ3v) is 12.1. The van der Waals surface area contributed by atoms with Crippen LogP contribution in [0.5, 0.6) is 0 Å². The van der Waals surface area contributed by atoms with Crippen molar-refractivity contribution in [3.05, 3.63) is 78.6 Å². The molecule has 4 N–H and O–H groups in total. The van der Waals surface area contributed by atoms with Crippen LogP contribution in [0.4, 0.5) is 0 Å². The lowest BCUT2D eigenvalue weighted by molar-refractivity contribution is -0.540. The Bertz CT molecular complexity index is 1580. The first-order valence-electron chi connectivity index (χ1n) is 16.8. The summed E-state index contributed by atoms with van der Waals surface area (Å²) in [5.74, 6) is -1.01. The van der Waals surface area contributed by atoms with E-state index in [0.717, 1.165) is 101 Å². The number of carboxylic acid groups (broad SMARTS) is 1. The van der Waals surface area contributed by atoms with Crippen LogP contribution in [0.25, 0.3) is 5.57 Å². The lowest BCUT2D eigenvalue weighted by Crippen LogP contribution is -2.47. The van der Waals surface area contributed by atoms with Gasteiger partial charge < -0.3 is 15.9 Å². The van der Waals surface area contributed by atoms with Gasteiger partial charge in [0.25, 0.3) is 0 Å². The summed E-state index contributed by atoms with van der Waals surface area (Å²) in [7, 11) is 0. The van der Waals surface area contributed by atoms with E-state index in [2.05, 4.69) is 48.4 Å². The van der Waals surface area contributed by atoms with E-state index in [1.165, 1.54) is 11.3 Å². The molecule has 1 aromatic rings. The number of aromatic carboxylic acids is 1. The van der Waals surface area contributed by atoms with Crippen LogP contribution in [-0.2, 0) is 0 Å². The van der Waals surface area contributed by atoms with Crippen LogP contribution >= 0.6 is 47.4 Å². The fourth-order valence-electron chi connectivity index (χ4n) is 8.09. The molecular formula is C37H46Cl3N2O3S+. The number of aliphatic hydroxyl groups is 1. The number of hydrogen-bond acceptors (Lipinski definition) is 4. The first-order valence-corrected chi connectivity index (χ1v) is 18.4. The second-order valence-electron chi connectivity index (χ2n) is 13.1. The topological polar surface area (TPSA) is 86.6 Å². The molecule has 0 bridgehead atoms. The molecule has 1 spiro atoms. The number of hydrogen-bond donors (Lipinski definition) is 4. The number of unbranched alkanes of at least 4 members (excludes halogenated alkanes) is 3. The molecule has 0 fully saturated rings. The van der Waals surface area contributed by atoms with E-state index in [1.54, 1.807) is 0 Å². The fraction of sp³-hybridized carbons (Fsp3) is 0.514. The average molecular weight is 705 g/mol. The molecule has 5 nitrogen and oxygen atoms in total. The van der Waals surface area contributed by atoms with Crippen molar-refractivity contribution in [1.29, 1.82) is 0 Å². The van der Waals surface area contributed by atoms with Crippen LogP contribution in [-0.4, -0.2) is 46.1 Å². The highest BCUT2D eigenvalue weighted by Crippen LogP contribution is 2.52. The van der Waals surface area contributed by atoms with Crippen molar-refractivity contribution in [3.8, 4) is 0 Å². The minimum Gasteiger partial charge on any atom is -0.507 e. The standard InChI is InChI=1S/C37H45Cl3N2O3S/c1-2-23-15-10-20-42-21-11-18-37(35(23)42)17-9-14-25(22-37)27(28-29(36(44)45)30(38)32(40)34(46)31(28)39)26-16-7-6-13-24(33(26)43)12-5-3-4-8-19-41/h2,9,12,14H,3-8,10-11,13,15-22,41H2,1H3,(H2-,43,44,45,46)/p+1/b23-2-,24-12-,27-25+. The number of fused-ring (bicyclic) bond motifs is 1. The number of nitrogens with two attached hydrogens (primary N) is 1. The van der Waals surface area contributed by atoms with Crippen LogP contribution in [0.15, 0.2) is 57.3 Å². The smallest absolute Gasteiger partial charge is 0.337 e. The van der Waals surface area contributed by atoms with Crippen molar-refractivity contribution in [2.75, 3.05) is 19.6 Å². The molecule has 9 heteroatoms. The Morgan fingerprint density at radius 2 is 1.74 bits per heavy atom. The van der Waals surface area contributed by atoms with Crippen molar-refractivity contribution in [1.82, 2.24) is 0 Å². The number of aliphatic hydroxyl groups excluding tert-OH is 1. The highest BCUT2D eigenvalue weighted by molar-refractivity contribution is 7.80. The minimum atomic E-state index is -1.23. The van der Waals surface area contributed by atoms with Gasteiger partial charge in [0.2, 0.25) is 0 Å². The SMILES string of the molecule is C/C=C1/CCC[N+]2=C1C1(CC=C/C(=C(C3=C(O)/C(=C\CCCCCN)CCCC3)\c3c(Cl)c(S)c(Cl)c(Cl)c3C(=O)O)C1)CCC2. The van der Waals surface area contributed by atoms with Crippen LogP contribution in [0.3, 0.4) is 0 Å². The number of rotatable bonds is 8. The van der Waals surface area contributed by atoms with E-state index in [0.29, 0.717) is 30.5 Å². The molecule has 0 saturated heterocycles. The molecule has 5 rings (SSSR count). The summed E-state index contributed by atoms with van der Waals surface area (Å²) in [6.45, 7) is 4.92. The molecule has 1 aromatic carbocycles. The van der Waals surface area contributed by atoms with Crippen molar-refractivity contribution < 1.29 is 19.6 Å². The van der Waals surface area contributed by atoms with Gasteiger partial charge in [-0.2, -0.15) is 0 Å². The Kier molecular flexibility index (Phi) is 11.9. The summed E-state index contributed by atoms with van der Waals surface area (Å²) >= 11 is 24.8. The number of thiol groups is 1. The molecule has 0 radical (unpaired) electrons. The third-order valence-electron chi connectivity index (χ3n) is 10.2. The molecule has 0 amide bonds. The summed E-state index contributed by atoms with van der Waals surface area (Å²) in [5.41, 5.74) is 11.7. The van der Waals surface area contributed by atoms with Gasteiger partial charge in [0.05, 0.1) is 26.0 Å². The van der Waals surface area contributed by atoms with Crippen LogP contribution in [0.1, 0.15) is 113 Å². The number of benzene rings is 1. The van der Waals surface area contributed by atoms with Gasteiger partial charge in [0.1, 0.15) is 18.8 Å². The van der Waals surface area contributed by atoms with Gasteiger partial charge in [-0.1, -0.05) is 65.5 Å². The minimum absolute atomic E-state index is 0.00620. The fourth-order valence-corrected chi connectivity index (χ4v) is 9.17. The van der Waals surface area contributed by atoms with Crippen LogP contribution in [0, 0.1) is 5.41 Å². The van der Waals surface area contributed by atoms with Gasteiger partial charge in [-0.3, -0.25) is 0 Å². The highest BCUT2D eigenvalue weighted by Gasteiger charge is 2.48. The normalized spacial score (nSPS) is 25.0. The summed E-state index contributed by atoms with van der Waals surface area (Å²) in [4.78, 5) is 13.2. The number of halogens is 3. The summed E-state index contributed by atoms with van der Waals surface area (Å²) in [5, 5.41) is 22.7. The van der Waals surface area contributed by atoms with Crippen molar-refractivity contribution in [2.24, 2.45) is 11.1 Å². The monoisotopic (exact) mass is 703 g/mol. The quantitative estimate of drug-likeness (QED) is 0.0939. The summed E-state index contributed by atoms with van der Waals surface area (Å²) in [6.07, 6.45) is 21.7. The Balaban J connectivity index is 1.78. The maximum Gasteiger partial charge on any atom is 0.337 e. The van der Waals surface area contributed by atoms with Crippen molar-refractivity contribution in [2.45, 2.75) is 102 Å². The number of nitrogens with zero attached hydrogens (tertiary/aromatic N) is 1. The van der Waals surface area contributed by atoms with Crippen LogP contribution < -0.4 is 5.73 Å². The second-order valence-corrected chi connectivity index (χ2v) is 14.6. The second kappa shape index (κ2) is 15.5. The zero-order chi connectivity index (χ0) is 33.0. The van der Waals surface area contributed by atoms with E-state index in [1.807, 2.05) is 0 Å². The van der Waals surface area contributed by atoms with E-state index >= 15 is 0 Å². The molecule has 4 aliphatic rings. The molecule has 248 valence electrons. The van der Waals surface area contributed by atoms with Gasteiger partial charge in [0, 0.05) is 34.4 Å². The van der Waals surface area contributed by atoms with Gasteiger partial charge in [-0.15, -0.1) is 12.6 Å². The third kappa shape index (κ3) is 6.94. The molecule has 2 aliphatic heterocycles. The zero-order valence-electron chi connectivity index (χ0n) is 26.7. The van der Waals surface area contributed by atoms with Crippen molar-refractivity contribution >= 4 is 64.7 Å². The molecule has 0 aromatic heterocycles. The lowest BCUT2D eigenvalue weighted by Gasteiger charge is -2.41. The Morgan fingerprint density at radius 1 is 1.00 bits per heavy atom. The van der Waals surface area contributed by atoms with E-state index < -0.39 is 5.97 Å². The maximum atomic E-state index is 13.0. The zero-order valence-corrected chi connectivity index (χ0v) is 29.9. The first kappa shape index (κ1) is 35.3. The Morgan fingerprint density at radius 3 is 2.48 bits per heavy atom. The summed E-state index contributed by atoms with van der Waals surface area (Å²) in [6, 6.07) is 0. The first-order chi connectivity index (χ1) is 22.1. The van der Waals surface area contributed by atoms with Gasteiger partial charge in [0.15, 0.2) is 5.71 Å². The molecular weight excluding hydrogens is 659 g/mol. The number of allylic oxidation sites excluding steroid dienone is 9. The predicted molar refractivity (Wildman–Crippen MR) is 194 cm³/mol. The van der Waals surface area contributed by atoms with E-state index in [9.17, 15) is 15.0 Å². The maximum absolute atomic E-state index is 13.0. The molecule has 0 saturated carbocycles. The Labute approximate surface area is 294 Å². The van der Waals surface area contributed by atoms with Crippen molar-refractivity contribution in [3.63, 3.8) is 0 Å². The lowest BCUT2D eigenvalue weighted by atomic mass is 9.63.